The molecule has 116 valence electrons. The second kappa shape index (κ2) is 8.52. The highest BCUT2D eigenvalue weighted by atomic mass is 35.5. The van der Waals surface area contributed by atoms with Crippen molar-refractivity contribution in [3.63, 3.8) is 0 Å². The van der Waals surface area contributed by atoms with Crippen LogP contribution in [-0.4, -0.2) is 42.1 Å². The third kappa shape index (κ3) is 5.63. The third-order valence-corrected chi connectivity index (χ3v) is 3.47. The Labute approximate surface area is 129 Å². The number of ether oxygens (including phenoxy) is 1. The highest BCUT2D eigenvalue weighted by molar-refractivity contribution is 6.32. The SMILES string of the molecule is CCN(CCC(=O)O)C(=O)CCc1ccc(OC)c(Cl)c1. The largest absolute Gasteiger partial charge is 0.495 e. The molecule has 0 aliphatic carbocycles. The zero-order valence-corrected chi connectivity index (χ0v) is 13.0. The second-order valence-electron chi connectivity index (χ2n) is 4.59. The predicted molar refractivity (Wildman–Crippen MR) is 80.8 cm³/mol. The maximum atomic E-state index is 12.0. The van der Waals surface area contributed by atoms with Gasteiger partial charge < -0.3 is 14.7 Å². The number of hydrogen-bond donors (Lipinski definition) is 1. The number of carbonyl (C=O) groups excluding carboxylic acids is 1. The molecule has 5 nitrogen and oxygen atoms in total. The number of methoxy groups -OCH3 is 1. The summed E-state index contributed by atoms with van der Waals surface area (Å²) in [7, 11) is 1.55. The molecule has 0 radical (unpaired) electrons. The molecule has 6 heteroatoms. The number of carbonyl (C=O) groups is 2. The number of carboxylic acid groups (broad SMARTS) is 1. The van der Waals surface area contributed by atoms with Gasteiger partial charge in [0.2, 0.25) is 5.91 Å². The van der Waals surface area contributed by atoms with Crippen LogP contribution in [0.1, 0.15) is 25.3 Å². The molecule has 0 aromatic heterocycles. The van der Waals surface area contributed by atoms with Crippen molar-refractivity contribution >= 4 is 23.5 Å². The van der Waals surface area contributed by atoms with Crippen LogP contribution >= 0.6 is 11.6 Å². The van der Waals surface area contributed by atoms with E-state index in [9.17, 15) is 9.59 Å². The van der Waals surface area contributed by atoms with E-state index in [0.717, 1.165) is 5.56 Å². The van der Waals surface area contributed by atoms with Crippen molar-refractivity contribution in [3.8, 4) is 5.75 Å². The number of carboxylic acids is 1. The quantitative estimate of drug-likeness (QED) is 0.801. The summed E-state index contributed by atoms with van der Waals surface area (Å²) in [4.78, 5) is 24.2. The molecule has 1 amide bonds. The first-order valence-electron chi connectivity index (χ1n) is 6.80. The van der Waals surface area contributed by atoms with E-state index in [1.165, 1.54) is 0 Å². The number of aliphatic carboxylic acids is 1. The molecular formula is C15H20ClNO4. The second-order valence-corrected chi connectivity index (χ2v) is 4.99. The fourth-order valence-corrected chi connectivity index (χ4v) is 2.24. The summed E-state index contributed by atoms with van der Waals surface area (Å²) < 4.78 is 5.07. The number of aryl methyl sites for hydroxylation is 1. The number of hydrogen-bond acceptors (Lipinski definition) is 3. The Morgan fingerprint density at radius 1 is 1.33 bits per heavy atom. The Hall–Kier alpha value is -1.75. The van der Waals surface area contributed by atoms with Crippen molar-refractivity contribution < 1.29 is 19.4 Å². The molecule has 0 atom stereocenters. The Morgan fingerprint density at radius 2 is 2.05 bits per heavy atom. The van der Waals surface area contributed by atoms with Crippen molar-refractivity contribution in [3.05, 3.63) is 28.8 Å². The van der Waals surface area contributed by atoms with Gasteiger partial charge in [-0.15, -0.1) is 0 Å². The Morgan fingerprint density at radius 3 is 2.57 bits per heavy atom. The molecule has 0 aliphatic heterocycles. The van der Waals surface area contributed by atoms with Gasteiger partial charge in [-0.25, -0.2) is 0 Å². The molecular weight excluding hydrogens is 294 g/mol. The normalized spacial score (nSPS) is 10.2. The maximum Gasteiger partial charge on any atom is 0.305 e. The van der Waals surface area contributed by atoms with Crippen LogP contribution in [0.3, 0.4) is 0 Å². The van der Waals surface area contributed by atoms with Crippen LogP contribution in [0.2, 0.25) is 5.02 Å². The number of halogens is 1. The van der Waals surface area contributed by atoms with E-state index in [2.05, 4.69) is 0 Å². The summed E-state index contributed by atoms with van der Waals surface area (Å²) in [6, 6.07) is 5.41. The van der Waals surface area contributed by atoms with Gasteiger partial charge in [-0.3, -0.25) is 9.59 Å². The van der Waals surface area contributed by atoms with E-state index < -0.39 is 5.97 Å². The Bertz CT molecular complexity index is 504. The van der Waals surface area contributed by atoms with Crippen LogP contribution in [-0.2, 0) is 16.0 Å². The monoisotopic (exact) mass is 313 g/mol. The minimum Gasteiger partial charge on any atom is -0.495 e. The first-order valence-corrected chi connectivity index (χ1v) is 7.17. The minimum absolute atomic E-state index is 0.0338. The van der Waals surface area contributed by atoms with E-state index in [0.29, 0.717) is 30.2 Å². The van der Waals surface area contributed by atoms with Gasteiger partial charge in [0.1, 0.15) is 5.75 Å². The Kier molecular flexibility index (Phi) is 7.02. The fraction of sp³-hybridized carbons (Fsp3) is 0.467. The topological polar surface area (TPSA) is 66.8 Å². The summed E-state index contributed by atoms with van der Waals surface area (Å²) >= 11 is 6.03. The Balaban J connectivity index is 2.54. The van der Waals surface area contributed by atoms with Crippen molar-refractivity contribution in [1.29, 1.82) is 0 Å². The molecule has 0 bridgehead atoms. The first kappa shape index (κ1) is 17.3. The van der Waals surface area contributed by atoms with Crippen molar-refractivity contribution in [2.75, 3.05) is 20.2 Å². The van der Waals surface area contributed by atoms with Gasteiger partial charge in [-0.1, -0.05) is 17.7 Å². The van der Waals surface area contributed by atoms with Gasteiger partial charge in [0.05, 0.1) is 18.6 Å². The van der Waals surface area contributed by atoms with Gasteiger partial charge in [-0.2, -0.15) is 0 Å². The van der Waals surface area contributed by atoms with Gasteiger partial charge >= 0.3 is 5.97 Å². The summed E-state index contributed by atoms with van der Waals surface area (Å²) in [6.07, 6.45) is 0.857. The van der Waals surface area contributed by atoms with Crippen molar-refractivity contribution in [2.45, 2.75) is 26.2 Å². The summed E-state index contributed by atoms with van der Waals surface area (Å²) in [5.74, 6) is -0.350. The number of nitrogens with zero attached hydrogens (tertiary/aromatic N) is 1. The van der Waals surface area contributed by atoms with Gasteiger partial charge in [-0.05, 0) is 31.0 Å². The number of rotatable bonds is 8. The molecule has 0 unspecified atom stereocenters. The van der Waals surface area contributed by atoms with Crippen LogP contribution in [0.4, 0.5) is 0 Å². The molecule has 0 fully saturated rings. The summed E-state index contributed by atoms with van der Waals surface area (Å²) in [5.41, 5.74) is 0.948. The molecule has 1 aromatic rings. The first-order chi connectivity index (χ1) is 9.97. The smallest absolute Gasteiger partial charge is 0.305 e. The van der Waals surface area contributed by atoms with Gasteiger partial charge in [0, 0.05) is 19.5 Å². The number of amides is 1. The molecule has 1 N–H and O–H groups in total. The average molecular weight is 314 g/mol. The molecule has 0 heterocycles. The number of benzene rings is 1. The van der Waals surface area contributed by atoms with E-state index >= 15 is 0 Å². The molecule has 21 heavy (non-hydrogen) atoms. The van der Waals surface area contributed by atoms with Crippen LogP contribution in [0.15, 0.2) is 18.2 Å². The van der Waals surface area contributed by atoms with Crippen LogP contribution in [0.5, 0.6) is 5.75 Å². The van der Waals surface area contributed by atoms with Gasteiger partial charge in [0.15, 0.2) is 0 Å². The van der Waals surface area contributed by atoms with E-state index in [4.69, 9.17) is 21.4 Å². The maximum absolute atomic E-state index is 12.0. The molecule has 1 rings (SSSR count). The van der Waals surface area contributed by atoms with Crippen molar-refractivity contribution in [1.82, 2.24) is 4.90 Å². The van der Waals surface area contributed by atoms with E-state index in [1.807, 2.05) is 13.0 Å². The van der Waals surface area contributed by atoms with Crippen LogP contribution in [0.25, 0.3) is 0 Å². The molecule has 0 spiro atoms. The molecule has 0 aliphatic rings. The van der Waals surface area contributed by atoms with E-state index in [1.54, 1.807) is 24.1 Å². The molecule has 0 saturated carbocycles. The van der Waals surface area contributed by atoms with E-state index in [-0.39, 0.29) is 18.9 Å². The summed E-state index contributed by atoms with van der Waals surface area (Å²) in [5, 5.41) is 9.18. The highest BCUT2D eigenvalue weighted by Gasteiger charge is 2.13. The predicted octanol–water partition coefficient (Wildman–Crippen LogP) is 2.60. The van der Waals surface area contributed by atoms with Gasteiger partial charge in [0.25, 0.3) is 0 Å². The average Bonchev–Trinajstić information content (AvgIpc) is 2.45. The zero-order valence-electron chi connectivity index (χ0n) is 12.3. The molecule has 1 aromatic carbocycles. The lowest BCUT2D eigenvalue weighted by Gasteiger charge is -2.20. The lowest BCUT2D eigenvalue weighted by molar-refractivity contribution is -0.138. The third-order valence-electron chi connectivity index (χ3n) is 3.17. The standard InChI is InChI=1S/C15H20ClNO4/c1-3-17(9-8-15(19)20)14(18)7-5-11-4-6-13(21-2)12(16)10-11/h4,6,10H,3,5,7-9H2,1-2H3,(H,19,20). The van der Waals surface area contributed by atoms with Crippen LogP contribution in [0, 0.1) is 0 Å². The molecule has 0 saturated heterocycles. The fourth-order valence-electron chi connectivity index (χ4n) is 1.96. The minimum atomic E-state index is -0.900. The summed E-state index contributed by atoms with van der Waals surface area (Å²) in [6.45, 7) is 2.59. The van der Waals surface area contributed by atoms with Crippen molar-refractivity contribution in [2.24, 2.45) is 0 Å². The lowest BCUT2D eigenvalue weighted by Crippen LogP contribution is -2.32. The zero-order chi connectivity index (χ0) is 15.8. The highest BCUT2D eigenvalue weighted by Crippen LogP contribution is 2.25. The van der Waals surface area contributed by atoms with Crippen LogP contribution < -0.4 is 4.74 Å². The lowest BCUT2D eigenvalue weighted by atomic mass is 10.1.